The van der Waals surface area contributed by atoms with E-state index in [0.717, 1.165) is 6.42 Å². The van der Waals surface area contributed by atoms with E-state index in [1.807, 2.05) is 0 Å². The van der Waals surface area contributed by atoms with Crippen molar-refractivity contribution in [2.45, 2.75) is 40.2 Å². The Kier molecular flexibility index (Phi) is 8.46. The fraction of sp³-hybridized carbons (Fsp3) is 0.500. The summed E-state index contributed by atoms with van der Waals surface area (Å²) in [5, 5.41) is 6.26. The summed E-state index contributed by atoms with van der Waals surface area (Å²) in [6.45, 7) is 8.42. The van der Waals surface area contributed by atoms with Gasteiger partial charge in [0.15, 0.2) is 11.5 Å². The van der Waals surface area contributed by atoms with E-state index in [1.54, 1.807) is 39.2 Å². The number of nitrogens with one attached hydrogen (secondary N) is 2. The van der Waals surface area contributed by atoms with Gasteiger partial charge in [0.25, 0.3) is 0 Å². The molecule has 1 rings (SSSR count). The molecular weight excluding hydrogens is 322 g/mol. The molecular formula is C18H27N3O4. The Balaban J connectivity index is 2.64. The van der Waals surface area contributed by atoms with Crippen LogP contribution >= 0.6 is 0 Å². The second-order valence-electron chi connectivity index (χ2n) is 6.27. The maximum absolute atomic E-state index is 11.5. The van der Waals surface area contributed by atoms with Crippen molar-refractivity contribution in [2.75, 3.05) is 13.7 Å². The number of hydrogen-bond acceptors (Lipinski definition) is 5. The highest BCUT2D eigenvalue weighted by atomic mass is 16.5. The summed E-state index contributed by atoms with van der Waals surface area (Å²) in [5.74, 6) is 0.260. The molecule has 25 heavy (non-hydrogen) atoms. The third-order valence-corrected chi connectivity index (χ3v) is 3.15. The van der Waals surface area contributed by atoms with E-state index in [1.165, 1.54) is 6.21 Å². The predicted molar refractivity (Wildman–Crippen MR) is 97.0 cm³/mol. The highest BCUT2D eigenvalue weighted by Crippen LogP contribution is 2.27. The van der Waals surface area contributed by atoms with Gasteiger partial charge in [-0.05, 0) is 49.9 Å². The molecule has 0 aromatic heterocycles. The van der Waals surface area contributed by atoms with Crippen LogP contribution in [0.5, 0.6) is 11.5 Å². The number of carbonyl (C=O) groups excluding carboxylic acids is 2. The number of ether oxygens (including phenoxy) is 2. The molecule has 2 amide bonds. The molecule has 0 atom stereocenters. The molecule has 1 aromatic rings. The highest BCUT2D eigenvalue weighted by molar-refractivity contribution is 6.35. The number of amides is 2. The third kappa shape index (κ3) is 7.69. The minimum absolute atomic E-state index is 0.116. The van der Waals surface area contributed by atoms with Gasteiger partial charge >= 0.3 is 11.8 Å². The molecule has 0 aliphatic rings. The van der Waals surface area contributed by atoms with Crippen LogP contribution in [0.15, 0.2) is 23.3 Å². The second-order valence-corrected chi connectivity index (χ2v) is 6.27. The summed E-state index contributed by atoms with van der Waals surface area (Å²) in [5.41, 5.74) is 2.89. The van der Waals surface area contributed by atoms with Crippen molar-refractivity contribution in [3.8, 4) is 11.5 Å². The lowest BCUT2D eigenvalue weighted by molar-refractivity contribution is -0.139. The smallest absolute Gasteiger partial charge is 0.329 e. The second kappa shape index (κ2) is 10.3. The Hall–Kier alpha value is -2.57. The van der Waals surface area contributed by atoms with Gasteiger partial charge in [-0.2, -0.15) is 5.10 Å². The first-order valence-corrected chi connectivity index (χ1v) is 8.28. The highest BCUT2D eigenvalue weighted by Gasteiger charge is 2.13. The van der Waals surface area contributed by atoms with Gasteiger partial charge in [-0.25, -0.2) is 5.43 Å². The number of hydrazone groups is 1. The van der Waals surface area contributed by atoms with Crippen molar-refractivity contribution in [1.82, 2.24) is 10.7 Å². The van der Waals surface area contributed by atoms with Gasteiger partial charge in [0.1, 0.15) is 0 Å². The predicted octanol–water partition coefficient (Wildman–Crippen LogP) is 2.09. The van der Waals surface area contributed by atoms with Crippen LogP contribution in [0.4, 0.5) is 0 Å². The zero-order valence-corrected chi connectivity index (χ0v) is 15.5. The van der Waals surface area contributed by atoms with E-state index in [-0.39, 0.29) is 6.04 Å². The quantitative estimate of drug-likeness (QED) is 0.427. The van der Waals surface area contributed by atoms with E-state index in [9.17, 15) is 9.59 Å². The van der Waals surface area contributed by atoms with Gasteiger partial charge in [-0.1, -0.05) is 13.8 Å². The van der Waals surface area contributed by atoms with E-state index >= 15 is 0 Å². The number of methoxy groups -OCH3 is 1. The molecule has 0 unspecified atom stereocenters. The van der Waals surface area contributed by atoms with Gasteiger partial charge in [0.05, 0.1) is 19.9 Å². The molecule has 7 heteroatoms. The SMILES string of the molecule is COc1cc(/C=N\NC(=O)C(=O)NC(C)C)ccc1OCCC(C)C. The summed E-state index contributed by atoms with van der Waals surface area (Å²) in [6.07, 6.45) is 2.39. The lowest BCUT2D eigenvalue weighted by Gasteiger charge is -2.12. The maximum Gasteiger partial charge on any atom is 0.329 e. The minimum Gasteiger partial charge on any atom is -0.493 e. The Morgan fingerprint density at radius 1 is 1.16 bits per heavy atom. The van der Waals surface area contributed by atoms with E-state index in [4.69, 9.17) is 9.47 Å². The summed E-state index contributed by atoms with van der Waals surface area (Å²) < 4.78 is 11.0. The van der Waals surface area contributed by atoms with Gasteiger partial charge in [0.2, 0.25) is 0 Å². The number of hydrogen-bond donors (Lipinski definition) is 2. The Morgan fingerprint density at radius 2 is 1.88 bits per heavy atom. The van der Waals surface area contributed by atoms with Gasteiger partial charge in [-0.3, -0.25) is 9.59 Å². The first-order valence-electron chi connectivity index (χ1n) is 8.28. The van der Waals surface area contributed by atoms with Crippen LogP contribution in [0.25, 0.3) is 0 Å². The van der Waals surface area contributed by atoms with Crippen LogP contribution in [0.2, 0.25) is 0 Å². The third-order valence-electron chi connectivity index (χ3n) is 3.15. The zero-order valence-electron chi connectivity index (χ0n) is 15.5. The molecule has 138 valence electrons. The fourth-order valence-corrected chi connectivity index (χ4v) is 1.83. The zero-order chi connectivity index (χ0) is 18.8. The van der Waals surface area contributed by atoms with Crippen molar-refractivity contribution in [3.05, 3.63) is 23.8 Å². The molecule has 0 radical (unpaired) electrons. The number of benzene rings is 1. The Morgan fingerprint density at radius 3 is 2.48 bits per heavy atom. The molecule has 0 heterocycles. The average molecular weight is 349 g/mol. The number of rotatable bonds is 8. The molecule has 0 saturated heterocycles. The van der Waals surface area contributed by atoms with Crippen molar-refractivity contribution in [1.29, 1.82) is 0 Å². The summed E-state index contributed by atoms with van der Waals surface area (Å²) >= 11 is 0. The average Bonchev–Trinajstić information content (AvgIpc) is 2.54. The molecule has 2 N–H and O–H groups in total. The van der Waals surface area contributed by atoms with E-state index < -0.39 is 11.8 Å². The molecule has 0 bridgehead atoms. The number of carbonyl (C=O) groups is 2. The molecule has 0 saturated carbocycles. The van der Waals surface area contributed by atoms with Gasteiger partial charge < -0.3 is 14.8 Å². The molecule has 7 nitrogen and oxygen atoms in total. The Bertz CT molecular complexity index is 612. The largest absolute Gasteiger partial charge is 0.493 e. The normalized spacial score (nSPS) is 11.0. The molecule has 0 fully saturated rings. The minimum atomic E-state index is -0.814. The van der Waals surface area contributed by atoms with Crippen LogP contribution in [0.3, 0.4) is 0 Å². The molecule has 0 aliphatic heterocycles. The lowest BCUT2D eigenvalue weighted by Crippen LogP contribution is -2.41. The fourth-order valence-electron chi connectivity index (χ4n) is 1.83. The van der Waals surface area contributed by atoms with Crippen molar-refractivity contribution >= 4 is 18.0 Å². The van der Waals surface area contributed by atoms with Crippen LogP contribution in [0, 0.1) is 5.92 Å². The maximum atomic E-state index is 11.5. The standard InChI is InChI=1S/C18H27N3O4/c1-12(2)8-9-25-15-7-6-14(10-16(15)24-5)11-19-21-18(23)17(22)20-13(3)4/h6-7,10-13H,8-9H2,1-5H3,(H,20,22)(H,21,23)/b19-11-. The topological polar surface area (TPSA) is 89.0 Å². The Labute approximate surface area is 148 Å². The van der Waals surface area contributed by atoms with Crippen molar-refractivity contribution in [3.63, 3.8) is 0 Å². The van der Waals surface area contributed by atoms with Crippen LogP contribution < -0.4 is 20.2 Å². The monoisotopic (exact) mass is 349 g/mol. The molecule has 0 spiro atoms. The molecule has 1 aromatic carbocycles. The summed E-state index contributed by atoms with van der Waals surface area (Å²) in [7, 11) is 1.56. The summed E-state index contributed by atoms with van der Waals surface area (Å²) in [4.78, 5) is 23.0. The van der Waals surface area contributed by atoms with E-state index in [2.05, 4.69) is 29.7 Å². The van der Waals surface area contributed by atoms with Crippen LogP contribution in [0.1, 0.15) is 39.7 Å². The lowest BCUT2D eigenvalue weighted by atomic mass is 10.1. The van der Waals surface area contributed by atoms with E-state index in [0.29, 0.717) is 29.6 Å². The van der Waals surface area contributed by atoms with Crippen LogP contribution in [-0.2, 0) is 9.59 Å². The number of nitrogens with zero attached hydrogens (tertiary/aromatic N) is 1. The molecule has 0 aliphatic carbocycles. The van der Waals surface area contributed by atoms with Gasteiger partial charge in [0, 0.05) is 6.04 Å². The van der Waals surface area contributed by atoms with Crippen molar-refractivity contribution in [2.24, 2.45) is 11.0 Å². The first kappa shape index (κ1) is 20.5. The van der Waals surface area contributed by atoms with Crippen LogP contribution in [-0.4, -0.2) is 37.8 Å². The summed E-state index contributed by atoms with van der Waals surface area (Å²) in [6, 6.07) is 5.20. The first-order chi connectivity index (χ1) is 11.8. The van der Waals surface area contributed by atoms with Gasteiger partial charge in [-0.15, -0.1) is 0 Å². The van der Waals surface area contributed by atoms with Crippen molar-refractivity contribution < 1.29 is 19.1 Å².